The van der Waals surface area contributed by atoms with Gasteiger partial charge < -0.3 is 5.73 Å². The fraction of sp³-hybridized carbons (Fsp3) is 0.200. The molecule has 2 rings (SSSR count). The Morgan fingerprint density at radius 2 is 1.74 bits per heavy atom. The van der Waals surface area contributed by atoms with E-state index in [4.69, 9.17) is 17.3 Å². The molecule has 0 heterocycles. The normalized spacial score (nSPS) is 12.5. The Morgan fingerprint density at radius 3 is 2.32 bits per heavy atom. The molecule has 0 bridgehead atoms. The van der Waals surface area contributed by atoms with Gasteiger partial charge in [-0.1, -0.05) is 23.7 Å². The summed E-state index contributed by atoms with van der Waals surface area (Å²) in [6.45, 7) is 1.89. The van der Waals surface area contributed by atoms with E-state index in [0.717, 1.165) is 17.2 Å². The molecule has 0 saturated heterocycles. The first kappa shape index (κ1) is 14.0. The lowest BCUT2D eigenvalue weighted by Gasteiger charge is -2.13. The third-order valence-electron chi connectivity index (χ3n) is 2.99. The Labute approximate surface area is 116 Å². The molecule has 2 aromatic carbocycles. The molecule has 19 heavy (non-hydrogen) atoms. The number of hydrogen-bond donors (Lipinski definition) is 1. The van der Waals surface area contributed by atoms with Crippen LogP contribution in [0.1, 0.15) is 22.7 Å². The lowest BCUT2D eigenvalue weighted by Crippen LogP contribution is -2.13. The number of hydrogen-bond acceptors (Lipinski definition) is 1. The van der Waals surface area contributed by atoms with Gasteiger partial charge in [-0.3, -0.25) is 0 Å². The van der Waals surface area contributed by atoms with Gasteiger partial charge >= 0.3 is 0 Å². The summed E-state index contributed by atoms with van der Waals surface area (Å²) in [6.07, 6.45) is 0.371. The Balaban J connectivity index is 2.20. The minimum Gasteiger partial charge on any atom is -0.324 e. The zero-order valence-electron chi connectivity index (χ0n) is 10.5. The maximum absolute atomic E-state index is 13.1. The van der Waals surface area contributed by atoms with Crippen molar-refractivity contribution in [1.82, 2.24) is 0 Å². The summed E-state index contributed by atoms with van der Waals surface area (Å²) < 4.78 is 26.2. The van der Waals surface area contributed by atoms with Gasteiger partial charge in [0, 0.05) is 17.1 Å². The summed E-state index contributed by atoms with van der Waals surface area (Å²) in [5.74, 6) is -1.18. The van der Waals surface area contributed by atoms with Crippen LogP contribution in [-0.4, -0.2) is 0 Å². The predicted octanol–water partition coefficient (Wildman–Crippen LogP) is 4.17. The number of benzene rings is 2. The van der Waals surface area contributed by atoms with Gasteiger partial charge in [-0.15, -0.1) is 0 Å². The lowest BCUT2D eigenvalue weighted by atomic mass is 9.98. The Hall–Kier alpha value is -1.45. The SMILES string of the molecule is Cc1cc(C(N)Cc2cc(F)cc(F)c2)ccc1Cl. The highest BCUT2D eigenvalue weighted by molar-refractivity contribution is 6.31. The zero-order valence-corrected chi connectivity index (χ0v) is 11.2. The van der Waals surface area contributed by atoms with E-state index >= 15 is 0 Å². The predicted molar refractivity (Wildman–Crippen MR) is 73.2 cm³/mol. The molecule has 0 aliphatic carbocycles. The number of rotatable bonds is 3. The molecule has 0 radical (unpaired) electrons. The van der Waals surface area contributed by atoms with Crippen LogP contribution in [0.2, 0.25) is 5.02 Å². The van der Waals surface area contributed by atoms with Crippen LogP contribution in [0.15, 0.2) is 36.4 Å². The topological polar surface area (TPSA) is 26.0 Å². The number of aryl methyl sites for hydroxylation is 1. The van der Waals surface area contributed by atoms with Gasteiger partial charge in [-0.2, -0.15) is 0 Å². The van der Waals surface area contributed by atoms with Gasteiger partial charge in [0.15, 0.2) is 0 Å². The summed E-state index contributed by atoms with van der Waals surface area (Å²) in [7, 11) is 0. The van der Waals surface area contributed by atoms with Gasteiger partial charge in [0.2, 0.25) is 0 Å². The zero-order chi connectivity index (χ0) is 14.0. The summed E-state index contributed by atoms with van der Waals surface area (Å²) in [6, 6.07) is 8.62. The molecular weight excluding hydrogens is 268 g/mol. The Kier molecular flexibility index (Phi) is 4.17. The van der Waals surface area contributed by atoms with Crippen molar-refractivity contribution in [2.24, 2.45) is 5.73 Å². The fourth-order valence-corrected chi connectivity index (χ4v) is 2.12. The standard InChI is InChI=1S/C15H14ClF2N/c1-9-4-11(2-3-14(9)16)15(19)7-10-5-12(17)8-13(18)6-10/h2-6,8,15H,7,19H2,1H3. The van der Waals surface area contributed by atoms with Crippen LogP contribution in [0.3, 0.4) is 0 Å². The van der Waals surface area contributed by atoms with E-state index in [0.29, 0.717) is 17.0 Å². The minimum absolute atomic E-state index is 0.322. The number of nitrogens with two attached hydrogens (primary N) is 1. The van der Waals surface area contributed by atoms with Crippen molar-refractivity contribution in [2.45, 2.75) is 19.4 Å². The van der Waals surface area contributed by atoms with Crippen LogP contribution in [0, 0.1) is 18.6 Å². The second-order valence-corrected chi connectivity index (χ2v) is 5.00. The molecule has 1 nitrogen and oxygen atoms in total. The van der Waals surface area contributed by atoms with E-state index in [-0.39, 0.29) is 6.04 Å². The van der Waals surface area contributed by atoms with Crippen molar-refractivity contribution < 1.29 is 8.78 Å². The quantitative estimate of drug-likeness (QED) is 0.898. The van der Waals surface area contributed by atoms with E-state index in [1.165, 1.54) is 12.1 Å². The van der Waals surface area contributed by atoms with Gasteiger partial charge in [0.25, 0.3) is 0 Å². The van der Waals surface area contributed by atoms with Gasteiger partial charge in [-0.25, -0.2) is 8.78 Å². The first-order chi connectivity index (χ1) is 8.95. The highest BCUT2D eigenvalue weighted by Crippen LogP contribution is 2.22. The molecule has 4 heteroatoms. The van der Waals surface area contributed by atoms with Gasteiger partial charge in [-0.05, 0) is 48.2 Å². The third-order valence-corrected chi connectivity index (χ3v) is 3.41. The van der Waals surface area contributed by atoms with Gasteiger partial charge in [0.05, 0.1) is 0 Å². The van der Waals surface area contributed by atoms with Crippen LogP contribution < -0.4 is 5.73 Å². The van der Waals surface area contributed by atoms with Crippen LogP contribution in [0.25, 0.3) is 0 Å². The molecular formula is C15H14ClF2N. The first-order valence-electron chi connectivity index (χ1n) is 5.92. The van der Waals surface area contributed by atoms with Crippen molar-refractivity contribution in [3.05, 3.63) is 69.7 Å². The van der Waals surface area contributed by atoms with Crippen molar-refractivity contribution in [2.75, 3.05) is 0 Å². The maximum atomic E-state index is 13.1. The summed E-state index contributed by atoms with van der Waals surface area (Å²) in [5.41, 5.74) is 8.42. The lowest BCUT2D eigenvalue weighted by molar-refractivity contribution is 0.576. The fourth-order valence-electron chi connectivity index (χ4n) is 2.00. The highest BCUT2D eigenvalue weighted by atomic mass is 35.5. The van der Waals surface area contributed by atoms with Crippen LogP contribution in [-0.2, 0) is 6.42 Å². The van der Waals surface area contributed by atoms with E-state index < -0.39 is 11.6 Å². The Morgan fingerprint density at radius 1 is 1.11 bits per heavy atom. The van der Waals surface area contributed by atoms with E-state index in [1.807, 2.05) is 19.1 Å². The minimum atomic E-state index is -0.588. The van der Waals surface area contributed by atoms with Crippen molar-refractivity contribution in [1.29, 1.82) is 0 Å². The van der Waals surface area contributed by atoms with E-state index in [9.17, 15) is 8.78 Å². The summed E-state index contributed by atoms with van der Waals surface area (Å²) in [5, 5.41) is 0.674. The summed E-state index contributed by atoms with van der Waals surface area (Å²) >= 11 is 5.95. The van der Waals surface area contributed by atoms with Crippen molar-refractivity contribution >= 4 is 11.6 Å². The largest absolute Gasteiger partial charge is 0.324 e. The number of halogens is 3. The van der Waals surface area contributed by atoms with E-state index in [1.54, 1.807) is 6.07 Å². The van der Waals surface area contributed by atoms with Crippen molar-refractivity contribution in [3.63, 3.8) is 0 Å². The molecule has 0 aromatic heterocycles. The molecule has 0 saturated carbocycles. The third kappa shape index (κ3) is 3.52. The first-order valence-corrected chi connectivity index (χ1v) is 6.30. The smallest absolute Gasteiger partial charge is 0.126 e. The molecule has 0 aliphatic heterocycles. The van der Waals surface area contributed by atoms with E-state index in [2.05, 4.69) is 0 Å². The molecule has 1 atom stereocenters. The Bertz CT molecular complexity index is 578. The molecule has 100 valence electrons. The van der Waals surface area contributed by atoms with Crippen LogP contribution >= 0.6 is 11.6 Å². The molecule has 0 fully saturated rings. The summed E-state index contributed by atoms with van der Waals surface area (Å²) in [4.78, 5) is 0. The molecule has 2 aromatic rings. The molecule has 2 N–H and O–H groups in total. The van der Waals surface area contributed by atoms with Crippen LogP contribution in [0.4, 0.5) is 8.78 Å². The second kappa shape index (κ2) is 5.68. The maximum Gasteiger partial charge on any atom is 0.126 e. The molecule has 1 unspecified atom stereocenters. The molecule has 0 aliphatic rings. The van der Waals surface area contributed by atoms with Crippen LogP contribution in [0.5, 0.6) is 0 Å². The average molecular weight is 282 g/mol. The average Bonchev–Trinajstić information content (AvgIpc) is 2.31. The van der Waals surface area contributed by atoms with Crippen molar-refractivity contribution in [3.8, 4) is 0 Å². The second-order valence-electron chi connectivity index (χ2n) is 4.60. The van der Waals surface area contributed by atoms with Gasteiger partial charge in [0.1, 0.15) is 11.6 Å². The monoisotopic (exact) mass is 281 g/mol. The molecule has 0 amide bonds. The highest BCUT2D eigenvalue weighted by Gasteiger charge is 2.10. The molecule has 0 spiro atoms.